The summed E-state index contributed by atoms with van der Waals surface area (Å²) in [6.45, 7) is 6.75. The van der Waals surface area contributed by atoms with Crippen molar-refractivity contribution in [3.05, 3.63) is 36.1 Å². The highest BCUT2D eigenvalue weighted by Gasteiger charge is 2.32. The molecule has 1 nitrogen and oxygen atoms in total. The molecule has 0 rings (SSSR count). The van der Waals surface area contributed by atoms with Gasteiger partial charge in [0.15, 0.2) is 0 Å². The van der Waals surface area contributed by atoms with Crippen molar-refractivity contribution in [2.24, 2.45) is 0 Å². The second-order valence-electron chi connectivity index (χ2n) is 2.48. The van der Waals surface area contributed by atoms with Gasteiger partial charge < -0.3 is 4.74 Å². The minimum Gasteiger partial charge on any atom is -0.406 e. The first-order valence-electron chi connectivity index (χ1n) is 4.18. The van der Waals surface area contributed by atoms with E-state index in [2.05, 4.69) is 11.3 Å². The molecule has 0 bridgehead atoms. The van der Waals surface area contributed by atoms with Gasteiger partial charge in [-0.2, -0.15) is 0 Å². The first-order valence-corrected chi connectivity index (χ1v) is 4.18. The molecule has 0 fully saturated rings. The Labute approximate surface area is 81.6 Å². The molecule has 0 aromatic carbocycles. The lowest BCUT2D eigenvalue weighted by Crippen LogP contribution is -2.13. The molecule has 0 aromatic rings. The van der Waals surface area contributed by atoms with Crippen molar-refractivity contribution in [2.75, 3.05) is 0 Å². The number of allylic oxidation sites excluding steroid dienone is 4. The molecule has 0 heterocycles. The van der Waals surface area contributed by atoms with Crippen molar-refractivity contribution in [3.63, 3.8) is 0 Å². The predicted molar refractivity (Wildman–Crippen MR) is 49.5 cm³/mol. The second kappa shape index (κ2) is 5.52. The largest absolute Gasteiger partial charge is 0.573 e. The van der Waals surface area contributed by atoms with Crippen LogP contribution in [0.25, 0.3) is 0 Å². The third-order valence-electron chi connectivity index (χ3n) is 1.54. The van der Waals surface area contributed by atoms with Crippen LogP contribution in [-0.2, 0) is 4.74 Å². The number of ether oxygens (including phenoxy) is 1. The number of rotatable bonds is 4. The molecule has 80 valence electrons. The molecule has 4 heteroatoms. The van der Waals surface area contributed by atoms with Gasteiger partial charge in [-0.25, -0.2) is 0 Å². The highest BCUT2D eigenvalue weighted by Crippen LogP contribution is 2.26. The van der Waals surface area contributed by atoms with Crippen LogP contribution in [-0.4, -0.2) is 6.36 Å². The van der Waals surface area contributed by atoms with Crippen molar-refractivity contribution in [1.82, 2.24) is 0 Å². The van der Waals surface area contributed by atoms with Crippen LogP contribution in [0.4, 0.5) is 13.2 Å². The molecule has 0 unspecified atom stereocenters. The topological polar surface area (TPSA) is 9.23 Å². The Morgan fingerprint density at radius 1 is 1.43 bits per heavy atom. The van der Waals surface area contributed by atoms with Crippen molar-refractivity contribution in [1.29, 1.82) is 0 Å². The SMILES string of the molecule is C=C/C=C(OC(F)(F)F)\C(=C/C)CC. The normalized spacial score (nSPS) is 14.1. The van der Waals surface area contributed by atoms with Crippen molar-refractivity contribution in [2.45, 2.75) is 26.6 Å². The first-order chi connectivity index (χ1) is 6.44. The minimum absolute atomic E-state index is 0.197. The van der Waals surface area contributed by atoms with Gasteiger partial charge in [0.05, 0.1) is 0 Å². The minimum atomic E-state index is -4.65. The van der Waals surface area contributed by atoms with E-state index in [0.29, 0.717) is 12.0 Å². The average molecular weight is 206 g/mol. The third-order valence-corrected chi connectivity index (χ3v) is 1.54. The Hall–Kier alpha value is -1.19. The van der Waals surface area contributed by atoms with Gasteiger partial charge in [0.1, 0.15) is 5.76 Å². The fraction of sp³-hybridized carbons (Fsp3) is 0.400. The zero-order valence-corrected chi connectivity index (χ0v) is 8.19. The van der Waals surface area contributed by atoms with E-state index in [1.165, 1.54) is 12.2 Å². The standard InChI is InChI=1S/C10H13F3O/c1-4-7-9(8(5-2)6-3)14-10(11,12)13/h4-5,7H,1,6H2,2-3H3/b8-5-,9-7+. The summed E-state index contributed by atoms with van der Waals surface area (Å²) in [5.74, 6) is -0.197. The van der Waals surface area contributed by atoms with E-state index >= 15 is 0 Å². The Kier molecular flexibility index (Phi) is 5.05. The maximum absolute atomic E-state index is 11.9. The van der Waals surface area contributed by atoms with Gasteiger partial charge >= 0.3 is 6.36 Å². The Morgan fingerprint density at radius 3 is 2.29 bits per heavy atom. The molecule has 0 aliphatic heterocycles. The van der Waals surface area contributed by atoms with Gasteiger partial charge in [0.2, 0.25) is 0 Å². The molecule has 0 spiro atoms. The molecule has 0 saturated heterocycles. The quantitative estimate of drug-likeness (QED) is 0.500. The first kappa shape index (κ1) is 12.8. The van der Waals surface area contributed by atoms with Gasteiger partial charge in [0, 0.05) is 0 Å². The van der Waals surface area contributed by atoms with E-state index in [1.54, 1.807) is 19.9 Å². The Bertz CT molecular complexity index is 249. The van der Waals surface area contributed by atoms with E-state index in [0.717, 1.165) is 0 Å². The maximum atomic E-state index is 11.9. The van der Waals surface area contributed by atoms with E-state index in [4.69, 9.17) is 0 Å². The summed E-state index contributed by atoms with van der Waals surface area (Å²) < 4.78 is 39.7. The van der Waals surface area contributed by atoms with Crippen LogP contribution in [0, 0.1) is 0 Å². The summed E-state index contributed by atoms with van der Waals surface area (Å²) in [7, 11) is 0. The number of hydrogen-bond acceptors (Lipinski definition) is 1. The van der Waals surface area contributed by atoms with Gasteiger partial charge in [-0.15, -0.1) is 13.2 Å². The lowest BCUT2D eigenvalue weighted by Gasteiger charge is -2.13. The summed E-state index contributed by atoms with van der Waals surface area (Å²) in [4.78, 5) is 0. The molecule has 0 aliphatic carbocycles. The van der Waals surface area contributed by atoms with Gasteiger partial charge in [-0.1, -0.05) is 25.7 Å². The predicted octanol–water partition coefficient (Wildman–Crippen LogP) is 3.95. The Morgan fingerprint density at radius 2 is 2.00 bits per heavy atom. The molecule has 14 heavy (non-hydrogen) atoms. The Balaban J connectivity index is 4.79. The molecule has 0 radical (unpaired) electrons. The number of hydrogen-bond donors (Lipinski definition) is 0. The summed E-state index contributed by atoms with van der Waals surface area (Å²) in [6, 6.07) is 0. The van der Waals surface area contributed by atoms with Gasteiger partial charge in [0.25, 0.3) is 0 Å². The highest BCUT2D eigenvalue weighted by atomic mass is 19.4. The van der Waals surface area contributed by atoms with E-state index in [1.807, 2.05) is 0 Å². The summed E-state index contributed by atoms with van der Waals surface area (Å²) in [5, 5.41) is 0. The van der Waals surface area contributed by atoms with Crippen LogP contribution in [0.15, 0.2) is 36.1 Å². The molecule has 0 aliphatic rings. The number of halogens is 3. The van der Waals surface area contributed by atoms with Gasteiger partial charge in [-0.05, 0) is 25.0 Å². The fourth-order valence-corrected chi connectivity index (χ4v) is 0.959. The fourth-order valence-electron chi connectivity index (χ4n) is 0.959. The van der Waals surface area contributed by atoms with Crippen LogP contribution >= 0.6 is 0 Å². The second-order valence-corrected chi connectivity index (χ2v) is 2.48. The summed E-state index contributed by atoms with van der Waals surface area (Å²) in [6.07, 6.45) is -0.127. The van der Waals surface area contributed by atoms with Crippen LogP contribution in [0.5, 0.6) is 0 Å². The van der Waals surface area contributed by atoms with E-state index in [9.17, 15) is 13.2 Å². The lowest BCUT2D eigenvalue weighted by molar-refractivity contribution is -0.304. The smallest absolute Gasteiger partial charge is 0.406 e. The van der Waals surface area contributed by atoms with Crippen LogP contribution < -0.4 is 0 Å². The molecule has 0 aromatic heterocycles. The molecular formula is C10H13F3O. The van der Waals surface area contributed by atoms with Crippen LogP contribution in [0.3, 0.4) is 0 Å². The molecular weight excluding hydrogens is 193 g/mol. The molecule has 0 N–H and O–H groups in total. The zero-order valence-electron chi connectivity index (χ0n) is 8.19. The average Bonchev–Trinajstić information content (AvgIpc) is 2.04. The summed E-state index contributed by atoms with van der Waals surface area (Å²) in [5.41, 5.74) is 0.502. The third kappa shape index (κ3) is 4.74. The van der Waals surface area contributed by atoms with Gasteiger partial charge in [-0.3, -0.25) is 0 Å². The number of alkyl halides is 3. The highest BCUT2D eigenvalue weighted by molar-refractivity contribution is 5.27. The monoisotopic (exact) mass is 206 g/mol. The van der Waals surface area contributed by atoms with Crippen molar-refractivity contribution < 1.29 is 17.9 Å². The van der Waals surface area contributed by atoms with Crippen LogP contribution in [0.2, 0.25) is 0 Å². The van der Waals surface area contributed by atoms with E-state index in [-0.39, 0.29) is 5.76 Å². The molecule has 0 amide bonds. The maximum Gasteiger partial charge on any atom is 0.573 e. The lowest BCUT2D eigenvalue weighted by atomic mass is 10.1. The zero-order chi connectivity index (χ0) is 11.2. The van der Waals surface area contributed by atoms with E-state index < -0.39 is 6.36 Å². The summed E-state index contributed by atoms with van der Waals surface area (Å²) >= 11 is 0. The van der Waals surface area contributed by atoms with Crippen molar-refractivity contribution >= 4 is 0 Å². The van der Waals surface area contributed by atoms with Crippen LogP contribution in [0.1, 0.15) is 20.3 Å². The van der Waals surface area contributed by atoms with Crippen molar-refractivity contribution in [3.8, 4) is 0 Å². The molecule has 0 atom stereocenters. The molecule has 0 saturated carbocycles.